The zero-order valence-electron chi connectivity index (χ0n) is 13.5. The minimum atomic E-state index is -1.71. The molecule has 0 fully saturated rings. The fraction of sp³-hybridized carbons (Fsp3) is 0.105. The number of aliphatic hydroxyl groups is 2. The van der Waals surface area contributed by atoms with E-state index in [9.17, 15) is 19.0 Å². The summed E-state index contributed by atoms with van der Waals surface area (Å²) < 4.78 is 33.0. The Kier molecular flexibility index (Phi) is 5.00. The Morgan fingerprint density at radius 2 is 1.73 bits per heavy atom. The van der Waals surface area contributed by atoms with E-state index in [0.29, 0.717) is 21.6 Å². The van der Waals surface area contributed by atoms with E-state index >= 15 is 0 Å². The molecular formula is C19H13F2NO3S. The van der Waals surface area contributed by atoms with Gasteiger partial charge in [-0.25, -0.2) is 8.78 Å². The lowest BCUT2D eigenvalue weighted by molar-refractivity contribution is -0.0395. The zero-order valence-corrected chi connectivity index (χ0v) is 14.3. The van der Waals surface area contributed by atoms with Crippen LogP contribution in [0, 0.1) is 23.0 Å². The summed E-state index contributed by atoms with van der Waals surface area (Å²) >= 11 is 1.06. The average Bonchev–Trinajstić information content (AvgIpc) is 3.07. The average molecular weight is 373 g/mol. The maximum Gasteiger partial charge on any atom is 0.188 e. The van der Waals surface area contributed by atoms with Gasteiger partial charge in [0, 0.05) is 10.4 Å². The van der Waals surface area contributed by atoms with Crippen LogP contribution in [-0.4, -0.2) is 17.3 Å². The van der Waals surface area contributed by atoms with Gasteiger partial charge in [0.15, 0.2) is 17.9 Å². The quantitative estimate of drug-likeness (QED) is 0.672. The van der Waals surface area contributed by atoms with Crippen molar-refractivity contribution < 1.29 is 23.7 Å². The summed E-state index contributed by atoms with van der Waals surface area (Å²) in [5.41, 5.74) is 1.34. The number of rotatable bonds is 4. The van der Waals surface area contributed by atoms with Gasteiger partial charge in [-0.1, -0.05) is 6.07 Å². The molecule has 2 N–H and O–H groups in total. The molecule has 0 radical (unpaired) electrons. The van der Waals surface area contributed by atoms with E-state index < -0.39 is 17.9 Å². The van der Waals surface area contributed by atoms with Gasteiger partial charge in [0.05, 0.1) is 17.6 Å². The van der Waals surface area contributed by atoms with Crippen LogP contribution in [0.25, 0.3) is 21.6 Å². The van der Waals surface area contributed by atoms with Crippen molar-refractivity contribution in [2.75, 3.05) is 7.11 Å². The number of methoxy groups -OCH3 is 1. The van der Waals surface area contributed by atoms with E-state index in [0.717, 1.165) is 11.3 Å². The van der Waals surface area contributed by atoms with Crippen LogP contribution in [0.15, 0.2) is 42.5 Å². The first kappa shape index (κ1) is 18.0. The van der Waals surface area contributed by atoms with Crippen molar-refractivity contribution in [2.24, 2.45) is 0 Å². The standard InChI is InChI=1S/C19H13F2NO3S/c1-25-16-5-4-11(7-15(16)21)18-13(8-17(26-18)19(23)24)10-2-3-12(9-22)14(20)6-10/h2-8,19,23-24H,1H3. The summed E-state index contributed by atoms with van der Waals surface area (Å²) in [5.74, 6) is -1.17. The number of hydrogen-bond donors (Lipinski definition) is 2. The fourth-order valence-electron chi connectivity index (χ4n) is 2.55. The number of nitriles is 1. The van der Waals surface area contributed by atoms with Crippen molar-refractivity contribution in [1.82, 2.24) is 0 Å². The molecule has 0 saturated heterocycles. The second-order valence-electron chi connectivity index (χ2n) is 5.42. The summed E-state index contributed by atoms with van der Waals surface area (Å²) in [6, 6.07) is 11.7. The van der Waals surface area contributed by atoms with Gasteiger partial charge in [-0.2, -0.15) is 5.26 Å². The molecule has 0 spiro atoms. The normalized spacial score (nSPS) is 10.8. The minimum absolute atomic E-state index is 0.0821. The molecule has 3 aromatic rings. The van der Waals surface area contributed by atoms with Crippen LogP contribution >= 0.6 is 11.3 Å². The van der Waals surface area contributed by atoms with Crippen molar-refractivity contribution >= 4 is 11.3 Å². The number of nitrogens with zero attached hydrogens (tertiary/aromatic N) is 1. The van der Waals surface area contributed by atoms with Crippen molar-refractivity contribution in [3.8, 4) is 33.4 Å². The molecule has 3 rings (SSSR count). The molecule has 0 bridgehead atoms. The van der Waals surface area contributed by atoms with E-state index in [-0.39, 0.29) is 16.2 Å². The molecule has 0 saturated carbocycles. The highest BCUT2D eigenvalue weighted by molar-refractivity contribution is 7.16. The Morgan fingerprint density at radius 1 is 1.04 bits per heavy atom. The molecule has 7 heteroatoms. The van der Waals surface area contributed by atoms with E-state index in [1.807, 2.05) is 0 Å². The third-order valence-electron chi connectivity index (χ3n) is 3.82. The molecule has 1 aromatic heterocycles. The summed E-state index contributed by atoms with van der Waals surface area (Å²) in [4.78, 5) is 0.773. The molecular weight excluding hydrogens is 360 g/mol. The summed E-state index contributed by atoms with van der Waals surface area (Å²) in [6.07, 6.45) is -1.71. The van der Waals surface area contributed by atoms with Gasteiger partial charge in [0.25, 0.3) is 0 Å². The summed E-state index contributed by atoms with van der Waals surface area (Å²) in [5, 5.41) is 27.8. The van der Waals surface area contributed by atoms with Crippen molar-refractivity contribution in [2.45, 2.75) is 6.29 Å². The van der Waals surface area contributed by atoms with E-state index in [1.165, 1.54) is 37.4 Å². The molecule has 0 aliphatic rings. The monoisotopic (exact) mass is 373 g/mol. The lowest BCUT2D eigenvalue weighted by atomic mass is 10.0. The molecule has 0 aliphatic heterocycles. The Balaban J connectivity index is 2.18. The van der Waals surface area contributed by atoms with E-state index in [4.69, 9.17) is 10.00 Å². The molecule has 132 valence electrons. The van der Waals surface area contributed by atoms with Crippen molar-refractivity contribution in [3.05, 3.63) is 64.5 Å². The van der Waals surface area contributed by atoms with Crippen LogP contribution in [0.2, 0.25) is 0 Å². The van der Waals surface area contributed by atoms with Crippen LogP contribution in [-0.2, 0) is 0 Å². The van der Waals surface area contributed by atoms with Gasteiger partial charge >= 0.3 is 0 Å². The molecule has 0 unspecified atom stereocenters. The topological polar surface area (TPSA) is 73.5 Å². The molecule has 26 heavy (non-hydrogen) atoms. The third-order valence-corrected chi connectivity index (χ3v) is 5.04. The first-order valence-electron chi connectivity index (χ1n) is 7.48. The van der Waals surface area contributed by atoms with Crippen LogP contribution in [0.4, 0.5) is 8.78 Å². The molecule has 0 atom stereocenters. The van der Waals surface area contributed by atoms with Gasteiger partial charge in [-0.3, -0.25) is 0 Å². The highest BCUT2D eigenvalue weighted by atomic mass is 32.1. The van der Waals surface area contributed by atoms with Gasteiger partial charge < -0.3 is 14.9 Å². The van der Waals surface area contributed by atoms with Gasteiger partial charge in [0.2, 0.25) is 0 Å². The number of benzene rings is 2. The smallest absolute Gasteiger partial charge is 0.188 e. The summed E-state index contributed by atoms with van der Waals surface area (Å²) in [6.45, 7) is 0. The molecule has 4 nitrogen and oxygen atoms in total. The third kappa shape index (κ3) is 3.30. The Morgan fingerprint density at radius 3 is 2.31 bits per heavy atom. The highest BCUT2D eigenvalue weighted by Crippen LogP contribution is 2.42. The first-order valence-corrected chi connectivity index (χ1v) is 8.30. The second kappa shape index (κ2) is 7.22. The Hall–Kier alpha value is -2.79. The number of halogens is 2. The van der Waals surface area contributed by atoms with Crippen LogP contribution in [0.5, 0.6) is 5.75 Å². The Labute approximate surface area is 152 Å². The maximum absolute atomic E-state index is 14.1. The highest BCUT2D eigenvalue weighted by Gasteiger charge is 2.18. The molecule has 1 heterocycles. The number of ether oxygens (including phenoxy) is 1. The predicted octanol–water partition coefficient (Wildman–Crippen LogP) is 4.22. The van der Waals surface area contributed by atoms with Gasteiger partial charge in [-0.05, 0) is 47.5 Å². The first-order chi connectivity index (χ1) is 12.4. The maximum atomic E-state index is 14.1. The molecule has 0 amide bonds. The van der Waals surface area contributed by atoms with E-state index in [2.05, 4.69) is 0 Å². The van der Waals surface area contributed by atoms with E-state index in [1.54, 1.807) is 18.2 Å². The van der Waals surface area contributed by atoms with Crippen LogP contribution in [0.1, 0.15) is 16.7 Å². The van der Waals surface area contributed by atoms with Gasteiger partial charge in [-0.15, -0.1) is 11.3 Å². The summed E-state index contributed by atoms with van der Waals surface area (Å²) in [7, 11) is 1.36. The largest absolute Gasteiger partial charge is 0.494 e. The number of thiophene rings is 1. The Bertz CT molecular complexity index is 1010. The molecule has 0 aliphatic carbocycles. The molecule has 2 aromatic carbocycles. The van der Waals surface area contributed by atoms with Gasteiger partial charge in [0.1, 0.15) is 11.9 Å². The van der Waals surface area contributed by atoms with Crippen LogP contribution < -0.4 is 4.74 Å². The van der Waals surface area contributed by atoms with Crippen molar-refractivity contribution in [1.29, 1.82) is 5.26 Å². The second-order valence-corrected chi connectivity index (χ2v) is 6.50. The lowest BCUT2D eigenvalue weighted by Crippen LogP contribution is -1.89. The zero-order chi connectivity index (χ0) is 18.8. The fourth-order valence-corrected chi connectivity index (χ4v) is 3.60. The SMILES string of the molecule is COc1ccc(-c2sc(C(O)O)cc2-c2ccc(C#N)c(F)c2)cc1F. The van der Waals surface area contributed by atoms with Crippen LogP contribution in [0.3, 0.4) is 0 Å². The minimum Gasteiger partial charge on any atom is -0.494 e. The predicted molar refractivity (Wildman–Crippen MR) is 93.6 cm³/mol. The number of aliphatic hydroxyl groups excluding tert-OH is 1. The number of hydrogen-bond acceptors (Lipinski definition) is 5. The van der Waals surface area contributed by atoms with Crippen molar-refractivity contribution in [3.63, 3.8) is 0 Å². The lowest BCUT2D eigenvalue weighted by Gasteiger charge is -2.07.